The Morgan fingerprint density at radius 2 is 1.79 bits per heavy atom. The SMILES string of the molecule is [2H]c1c([2H])c([2H])c2c(sc3c([2H])c([2H])c(N)c([2H])c32)c1[2H]. The minimum absolute atomic E-state index is 0.153. The van der Waals surface area contributed by atoms with Gasteiger partial charge in [0.1, 0.15) is 0 Å². The highest BCUT2D eigenvalue weighted by atomic mass is 32.1. The molecule has 0 aliphatic rings. The van der Waals surface area contributed by atoms with Gasteiger partial charge in [0, 0.05) is 25.9 Å². The summed E-state index contributed by atoms with van der Waals surface area (Å²) in [7, 11) is 0. The van der Waals surface area contributed by atoms with Crippen LogP contribution in [0.5, 0.6) is 0 Å². The van der Waals surface area contributed by atoms with Crippen LogP contribution in [0, 0.1) is 0 Å². The number of rotatable bonds is 0. The minimum atomic E-state index is -0.383. The Bertz CT molecular complexity index is 857. The smallest absolute Gasteiger partial charge is 0.0652 e. The fourth-order valence-electron chi connectivity index (χ4n) is 1.32. The molecule has 0 aliphatic carbocycles. The van der Waals surface area contributed by atoms with Crippen molar-refractivity contribution in [3.63, 3.8) is 0 Å². The molecule has 2 aromatic carbocycles. The van der Waals surface area contributed by atoms with Crippen molar-refractivity contribution in [2.24, 2.45) is 0 Å². The van der Waals surface area contributed by atoms with Crippen LogP contribution < -0.4 is 5.73 Å². The second-order valence-corrected chi connectivity index (χ2v) is 3.82. The molecule has 1 nitrogen and oxygen atoms in total. The van der Waals surface area contributed by atoms with E-state index in [9.17, 15) is 0 Å². The molecule has 1 aromatic heterocycles. The highest BCUT2D eigenvalue weighted by Crippen LogP contribution is 2.34. The molecule has 0 aliphatic heterocycles. The third-order valence-corrected chi connectivity index (χ3v) is 2.93. The first kappa shape index (κ1) is 3.55. The molecule has 68 valence electrons. The van der Waals surface area contributed by atoms with Crippen molar-refractivity contribution < 1.29 is 9.60 Å². The molecule has 3 rings (SSSR count). The van der Waals surface area contributed by atoms with Crippen molar-refractivity contribution in [2.75, 3.05) is 5.73 Å². The number of hydrogen-bond acceptors (Lipinski definition) is 2. The van der Waals surface area contributed by atoms with Crippen LogP contribution in [-0.4, -0.2) is 0 Å². The van der Waals surface area contributed by atoms with Crippen LogP contribution >= 0.6 is 11.3 Å². The first-order chi connectivity index (χ1) is 9.77. The predicted molar refractivity (Wildman–Crippen MR) is 63.7 cm³/mol. The maximum atomic E-state index is 8.04. The van der Waals surface area contributed by atoms with Gasteiger partial charge in [0.15, 0.2) is 0 Å². The summed E-state index contributed by atoms with van der Waals surface area (Å²) in [5.74, 6) is 0. The van der Waals surface area contributed by atoms with E-state index < -0.39 is 0 Å². The molecule has 0 saturated carbocycles. The summed E-state index contributed by atoms with van der Waals surface area (Å²) in [4.78, 5) is 0. The molecule has 0 radical (unpaired) electrons. The van der Waals surface area contributed by atoms with Crippen LogP contribution in [0.2, 0.25) is 0 Å². The van der Waals surface area contributed by atoms with Gasteiger partial charge >= 0.3 is 0 Å². The van der Waals surface area contributed by atoms with Gasteiger partial charge in [0.25, 0.3) is 0 Å². The molecule has 0 bridgehead atoms. The van der Waals surface area contributed by atoms with E-state index in [1.165, 1.54) is 0 Å². The Kier molecular flexibility index (Phi) is 0.691. The first-order valence-electron chi connectivity index (χ1n) is 7.45. The summed E-state index contributed by atoms with van der Waals surface area (Å²) in [6.45, 7) is 0. The van der Waals surface area contributed by atoms with Gasteiger partial charge in [-0.25, -0.2) is 0 Å². The zero-order valence-corrected chi connectivity index (χ0v) is 7.80. The second-order valence-electron chi connectivity index (χ2n) is 2.80. The molecule has 0 saturated heterocycles. The Balaban J connectivity index is 2.73. The normalized spacial score (nSPS) is 18.1. The Hall–Kier alpha value is -1.54. The quantitative estimate of drug-likeness (QED) is 0.558. The van der Waals surface area contributed by atoms with Gasteiger partial charge in [0.05, 0.1) is 9.60 Å². The minimum Gasteiger partial charge on any atom is -0.399 e. The predicted octanol–water partition coefficient (Wildman–Crippen LogP) is 3.64. The molecular formula is C12H9NS. The van der Waals surface area contributed by atoms with Gasteiger partial charge in [-0.3, -0.25) is 0 Å². The van der Waals surface area contributed by atoms with E-state index >= 15 is 0 Å². The number of hydrogen-bond donors (Lipinski definition) is 1. The summed E-state index contributed by atoms with van der Waals surface area (Å²) < 4.78 is 55.7. The van der Waals surface area contributed by atoms with Crippen LogP contribution in [0.3, 0.4) is 0 Å². The van der Waals surface area contributed by atoms with Crippen molar-refractivity contribution >= 4 is 37.2 Å². The maximum absolute atomic E-state index is 8.04. The van der Waals surface area contributed by atoms with Crippen LogP contribution in [-0.2, 0) is 0 Å². The van der Waals surface area contributed by atoms with E-state index in [-0.39, 0.29) is 63.5 Å². The van der Waals surface area contributed by atoms with Gasteiger partial charge in [-0.1, -0.05) is 18.1 Å². The fraction of sp³-hybridized carbons (Fsp3) is 0. The fourth-order valence-corrected chi connectivity index (χ4v) is 2.24. The molecule has 0 atom stereocenters. The molecule has 0 fully saturated rings. The highest BCUT2D eigenvalue weighted by molar-refractivity contribution is 7.25. The van der Waals surface area contributed by atoms with Crippen LogP contribution in [0.1, 0.15) is 9.60 Å². The van der Waals surface area contributed by atoms with Crippen LogP contribution in [0.25, 0.3) is 20.2 Å². The van der Waals surface area contributed by atoms with E-state index in [0.29, 0.717) is 4.70 Å². The van der Waals surface area contributed by atoms with Crippen LogP contribution in [0.4, 0.5) is 5.69 Å². The summed E-state index contributed by atoms with van der Waals surface area (Å²) in [5.41, 5.74) is 5.52. The lowest BCUT2D eigenvalue weighted by Gasteiger charge is -1.93. The number of nitrogens with two attached hydrogens (primary N) is 1. The van der Waals surface area contributed by atoms with Crippen molar-refractivity contribution in [3.05, 3.63) is 42.3 Å². The van der Waals surface area contributed by atoms with Gasteiger partial charge in [-0.15, -0.1) is 11.3 Å². The number of thiophene rings is 1. The monoisotopic (exact) mass is 206 g/mol. The number of benzene rings is 2. The molecule has 2 N–H and O–H groups in total. The molecule has 2 heteroatoms. The third-order valence-electron chi connectivity index (χ3n) is 1.90. The average Bonchev–Trinajstić information content (AvgIpc) is 2.87. The molecule has 0 spiro atoms. The molecule has 14 heavy (non-hydrogen) atoms. The summed E-state index contributed by atoms with van der Waals surface area (Å²) in [6.07, 6.45) is 0. The summed E-state index contributed by atoms with van der Waals surface area (Å²) in [6, 6.07) is -1.76. The van der Waals surface area contributed by atoms with E-state index in [1.54, 1.807) is 0 Å². The number of anilines is 1. The molecule has 0 amide bonds. The third kappa shape index (κ3) is 1.01. The topological polar surface area (TPSA) is 26.0 Å². The Morgan fingerprint density at radius 3 is 2.71 bits per heavy atom. The summed E-state index contributed by atoms with van der Waals surface area (Å²) in [5, 5.41) is 0.423. The first-order valence-corrected chi connectivity index (χ1v) is 4.76. The average molecular weight is 206 g/mol. The van der Waals surface area contributed by atoms with Gasteiger partial charge in [-0.05, 0) is 24.2 Å². The Labute approximate surface area is 95.6 Å². The largest absolute Gasteiger partial charge is 0.399 e. The molecule has 0 unspecified atom stereocenters. The summed E-state index contributed by atoms with van der Waals surface area (Å²) >= 11 is 0.995. The lowest BCUT2D eigenvalue weighted by molar-refractivity contribution is 1.79. The molecule has 1 heterocycles. The van der Waals surface area contributed by atoms with Gasteiger partial charge in [-0.2, -0.15) is 0 Å². The van der Waals surface area contributed by atoms with E-state index in [1.807, 2.05) is 0 Å². The van der Waals surface area contributed by atoms with Crippen molar-refractivity contribution in [1.29, 1.82) is 0 Å². The zero-order valence-electron chi connectivity index (χ0n) is 14.0. The second kappa shape index (κ2) is 2.72. The van der Waals surface area contributed by atoms with Crippen LogP contribution in [0.15, 0.2) is 42.3 Å². The lowest BCUT2D eigenvalue weighted by Crippen LogP contribution is -1.81. The maximum Gasteiger partial charge on any atom is 0.0652 e. The van der Waals surface area contributed by atoms with Crippen molar-refractivity contribution in [1.82, 2.24) is 0 Å². The van der Waals surface area contributed by atoms with Gasteiger partial charge < -0.3 is 5.73 Å². The van der Waals surface area contributed by atoms with E-state index in [4.69, 9.17) is 15.3 Å². The highest BCUT2D eigenvalue weighted by Gasteiger charge is 2.03. The lowest BCUT2D eigenvalue weighted by atomic mass is 10.1. The molecular weight excluding hydrogens is 190 g/mol. The number of fused-ring (bicyclic) bond motifs is 3. The van der Waals surface area contributed by atoms with Crippen molar-refractivity contribution in [3.8, 4) is 0 Å². The standard InChI is InChI=1S/C12H9NS/c13-8-5-6-12-10(7-8)9-3-1-2-4-11(9)14-12/h1-7H,13H2/i1D,2D,3D,4D,5D,6D,7D. The van der Waals surface area contributed by atoms with E-state index in [2.05, 4.69) is 0 Å². The number of nitrogen functional groups attached to an aromatic ring is 1. The van der Waals surface area contributed by atoms with Gasteiger partial charge in [0.2, 0.25) is 0 Å². The van der Waals surface area contributed by atoms with E-state index in [0.717, 1.165) is 11.3 Å². The zero-order chi connectivity index (χ0) is 15.6. The molecule has 3 aromatic rings. The van der Waals surface area contributed by atoms with Crippen molar-refractivity contribution in [2.45, 2.75) is 0 Å². The Morgan fingerprint density at radius 1 is 1.00 bits per heavy atom.